The molecule has 0 atom stereocenters. The van der Waals surface area contributed by atoms with E-state index in [0.717, 1.165) is 38.4 Å². The molecule has 0 aliphatic heterocycles. The molecule has 1 aromatic rings. The van der Waals surface area contributed by atoms with Gasteiger partial charge in [0.1, 0.15) is 0 Å². The molecule has 0 unspecified atom stereocenters. The Morgan fingerprint density at radius 1 is 1.36 bits per heavy atom. The fourth-order valence-corrected chi connectivity index (χ4v) is 1.18. The van der Waals surface area contributed by atoms with Crippen LogP contribution in [0, 0.1) is 0 Å². The van der Waals surface area contributed by atoms with E-state index in [2.05, 4.69) is 10.3 Å². The molecule has 0 saturated carbocycles. The summed E-state index contributed by atoms with van der Waals surface area (Å²) in [5.74, 6) is 0. The van der Waals surface area contributed by atoms with E-state index in [0.29, 0.717) is 0 Å². The molecule has 0 aliphatic carbocycles. The van der Waals surface area contributed by atoms with Crippen molar-refractivity contribution in [2.45, 2.75) is 13.3 Å². The minimum atomic E-state index is 0.790. The van der Waals surface area contributed by atoms with Crippen molar-refractivity contribution >= 4 is 0 Å². The standard InChI is InChI=1S/C11H18N2O/c1-2-14-10-9-12-8-6-11-5-3-4-7-13-11/h3-5,7,12H,2,6,8-10H2,1H3. The molecule has 3 nitrogen and oxygen atoms in total. The van der Waals surface area contributed by atoms with Crippen LogP contribution in [0.4, 0.5) is 0 Å². The van der Waals surface area contributed by atoms with E-state index >= 15 is 0 Å². The number of rotatable bonds is 7. The highest BCUT2D eigenvalue weighted by molar-refractivity contribution is 5.03. The van der Waals surface area contributed by atoms with Crippen LogP contribution in [0.1, 0.15) is 12.6 Å². The summed E-state index contributed by atoms with van der Waals surface area (Å²) < 4.78 is 5.21. The maximum atomic E-state index is 5.21. The molecule has 1 heterocycles. The average molecular weight is 194 g/mol. The fraction of sp³-hybridized carbons (Fsp3) is 0.545. The average Bonchev–Trinajstić information content (AvgIpc) is 2.25. The first-order valence-corrected chi connectivity index (χ1v) is 5.12. The van der Waals surface area contributed by atoms with Crippen molar-refractivity contribution in [2.24, 2.45) is 0 Å². The molecule has 0 fully saturated rings. The zero-order chi connectivity index (χ0) is 10.1. The Labute approximate surface area is 85.5 Å². The van der Waals surface area contributed by atoms with Gasteiger partial charge in [-0.15, -0.1) is 0 Å². The zero-order valence-electron chi connectivity index (χ0n) is 8.70. The summed E-state index contributed by atoms with van der Waals surface area (Å²) in [7, 11) is 0. The van der Waals surface area contributed by atoms with Gasteiger partial charge in [-0.05, 0) is 19.1 Å². The summed E-state index contributed by atoms with van der Waals surface area (Å²) in [5.41, 5.74) is 1.14. The third-order valence-electron chi connectivity index (χ3n) is 1.91. The molecule has 0 bridgehead atoms. The fourth-order valence-electron chi connectivity index (χ4n) is 1.18. The van der Waals surface area contributed by atoms with E-state index in [1.54, 1.807) is 0 Å². The second kappa shape index (κ2) is 7.47. The molecule has 0 amide bonds. The highest BCUT2D eigenvalue weighted by atomic mass is 16.5. The lowest BCUT2D eigenvalue weighted by atomic mass is 10.3. The molecule has 3 heteroatoms. The quantitative estimate of drug-likeness (QED) is 0.663. The molecule has 0 aromatic carbocycles. The summed E-state index contributed by atoms with van der Waals surface area (Å²) >= 11 is 0. The van der Waals surface area contributed by atoms with Gasteiger partial charge >= 0.3 is 0 Å². The van der Waals surface area contributed by atoms with E-state index < -0.39 is 0 Å². The number of pyridine rings is 1. The Morgan fingerprint density at radius 3 is 3.00 bits per heavy atom. The van der Waals surface area contributed by atoms with Crippen LogP contribution < -0.4 is 5.32 Å². The van der Waals surface area contributed by atoms with Gasteiger partial charge in [0.05, 0.1) is 6.61 Å². The number of hydrogen-bond donors (Lipinski definition) is 1. The first-order valence-electron chi connectivity index (χ1n) is 5.12. The molecular formula is C11H18N2O. The van der Waals surface area contributed by atoms with E-state index in [1.165, 1.54) is 0 Å². The predicted molar refractivity (Wildman–Crippen MR) is 57.3 cm³/mol. The molecule has 1 aromatic heterocycles. The van der Waals surface area contributed by atoms with Gasteiger partial charge in [0.15, 0.2) is 0 Å². The number of ether oxygens (including phenoxy) is 1. The third-order valence-corrected chi connectivity index (χ3v) is 1.91. The maximum Gasteiger partial charge on any atom is 0.0590 e. The molecule has 1 rings (SSSR count). The van der Waals surface area contributed by atoms with Crippen LogP contribution in [0.25, 0.3) is 0 Å². The number of hydrogen-bond acceptors (Lipinski definition) is 3. The Balaban J connectivity index is 1.99. The Bertz CT molecular complexity index is 226. The van der Waals surface area contributed by atoms with Gasteiger partial charge in [-0.3, -0.25) is 4.98 Å². The van der Waals surface area contributed by atoms with Crippen LogP contribution >= 0.6 is 0 Å². The smallest absolute Gasteiger partial charge is 0.0590 e. The minimum Gasteiger partial charge on any atom is -0.380 e. The van der Waals surface area contributed by atoms with E-state index in [-0.39, 0.29) is 0 Å². The minimum absolute atomic E-state index is 0.790. The van der Waals surface area contributed by atoms with Gasteiger partial charge < -0.3 is 10.1 Å². The number of nitrogens with one attached hydrogen (secondary N) is 1. The maximum absolute atomic E-state index is 5.21. The van der Waals surface area contributed by atoms with Gasteiger partial charge in [-0.25, -0.2) is 0 Å². The molecule has 14 heavy (non-hydrogen) atoms. The van der Waals surface area contributed by atoms with Crippen molar-refractivity contribution in [3.8, 4) is 0 Å². The summed E-state index contributed by atoms with van der Waals surface area (Å²) in [5, 5.41) is 3.30. The van der Waals surface area contributed by atoms with Crippen molar-refractivity contribution in [1.82, 2.24) is 10.3 Å². The van der Waals surface area contributed by atoms with Gasteiger partial charge in [0.25, 0.3) is 0 Å². The van der Waals surface area contributed by atoms with Crippen molar-refractivity contribution < 1.29 is 4.74 Å². The normalized spacial score (nSPS) is 10.4. The molecule has 0 saturated heterocycles. The highest BCUT2D eigenvalue weighted by Gasteiger charge is 1.92. The van der Waals surface area contributed by atoms with Crippen LogP contribution in [-0.2, 0) is 11.2 Å². The second-order valence-electron chi connectivity index (χ2n) is 3.02. The predicted octanol–water partition coefficient (Wildman–Crippen LogP) is 1.25. The van der Waals surface area contributed by atoms with E-state index in [9.17, 15) is 0 Å². The first kappa shape index (κ1) is 11.1. The Kier molecular flexibility index (Phi) is 5.95. The second-order valence-corrected chi connectivity index (χ2v) is 3.02. The van der Waals surface area contributed by atoms with Crippen LogP contribution in [0.15, 0.2) is 24.4 Å². The summed E-state index contributed by atoms with van der Waals surface area (Å²) in [6.45, 7) is 5.47. The zero-order valence-corrected chi connectivity index (χ0v) is 8.70. The lowest BCUT2D eigenvalue weighted by Gasteiger charge is -2.04. The Hall–Kier alpha value is -0.930. The van der Waals surface area contributed by atoms with Crippen LogP contribution in [0.3, 0.4) is 0 Å². The lowest BCUT2D eigenvalue weighted by Crippen LogP contribution is -2.22. The van der Waals surface area contributed by atoms with Gasteiger partial charge in [0, 0.05) is 38.0 Å². The van der Waals surface area contributed by atoms with E-state index in [1.807, 2.05) is 31.3 Å². The van der Waals surface area contributed by atoms with Gasteiger partial charge in [-0.2, -0.15) is 0 Å². The summed E-state index contributed by atoms with van der Waals surface area (Å²) in [4.78, 5) is 4.24. The summed E-state index contributed by atoms with van der Waals surface area (Å²) in [6, 6.07) is 6.00. The van der Waals surface area contributed by atoms with Crippen LogP contribution in [0.2, 0.25) is 0 Å². The third kappa shape index (κ3) is 4.94. The van der Waals surface area contributed by atoms with Crippen molar-refractivity contribution in [3.05, 3.63) is 30.1 Å². The van der Waals surface area contributed by atoms with E-state index in [4.69, 9.17) is 4.74 Å². The highest BCUT2D eigenvalue weighted by Crippen LogP contribution is 1.92. The van der Waals surface area contributed by atoms with Crippen LogP contribution in [0.5, 0.6) is 0 Å². The molecule has 0 radical (unpaired) electrons. The number of aromatic nitrogens is 1. The van der Waals surface area contributed by atoms with Crippen LogP contribution in [-0.4, -0.2) is 31.3 Å². The molecule has 0 aliphatic rings. The lowest BCUT2D eigenvalue weighted by molar-refractivity contribution is 0.149. The van der Waals surface area contributed by atoms with Crippen molar-refractivity contribution in [3.63, 3.8) is 0 Å². The van der Waals surface area contributed by atoms with Gasteiger partial charge in [-0.1, -0.05) is 6.07 Å². The topological polar surface area (TPSA) is 34.1 Å². The van der Waals surface area contributed by atoms with Crippen molar-refractivity contribution in [1.29, 1.82) is 0 Å². The molecule has 78 valence electrons. The summed E-state index contributed by atoms with van der Waals surface area (Å²) in [6.07, 6.45) is 2.81. The van der Waals surface area contributed by atoms with Crippen molar-refractivity contribution in [2.75, 3.05) is 26.3 Å². The molecular weight excluding hydrogens is 176 g/mol. The monoisotopic (exact) mass is 194 g/mol. The van der Waals surface area contributed by atoms with Gasteiger partial charge in [0.2, 0.25) is 0 Å². The molecule has 0 spiro atoms. The first-order chi connectivity index (χ1) is 6.93. The number of nitrogens with zero attached hydrogens (tertiary/aromatic N) is 1. The SMILES string of the molecule is CCOCCNCCc1ccccn1. The molecule has 1 N–H and O–H groups in total. The largest absolute Gasteiger partial charge is 0.380 e. The Morgan fingerprint density at radius 2 is 2.29 bits per heavy atom.